The molecule has 2 N–H and O–H groups in total. The van der Waals surface area contributed by atoms with E-state index in [4.69, 9.17) is 4.74 Å². The van der Waals surface area contributed by atoms with Crippen LogP contribution in [0.15, 0.2) is 0 Å². The van der Waals surface area contributed by atoms with Gasteiger partial charge in [0, 0.05) is 6.92 Å². The van der Waals surface area contributed by atoms with Crippen LogP contribution >= 0.6 is 0 Å². The molecule has 66 valence electrons. The van der Waals surface area contributed by atoms with Crippen LogP contribution in [0.25, 0.3) is 0 Å². The van der Waals surface area contributed by atoms with Gasteiger partial charge >= 0.3 is 5.97 Å². The molecular formula is C8H17NO2. The fourth-order valence-corrected chi connectivity index (χ4v) is 0.514. The first kappa shape index (κ1) is 10.4. The third-order valence-electron chi connectivity index (χ3n) is 1.65. The summed E-state index contributed by atoms with van der Waals surface area (Å²) in [6.45, 7) is 5.62. The van der Waals surface area contributed by atoms with Crippen LogP contribution in [0.2, 0.25) is 0 Å². The Morgan fingerprint density at radius 1 is 1.64 bits per heavy atom. The summed E-state index contributed by atoms with van der Waals surface area (Å²) < 4.78 is 5.00. The minimum Gasteiger partial charge on any atom is -0.444 e. The molecule has 3 heteroatoms. The first-order valence-electron chi connectivity index (χ1n) is 3.94. The molecule has 0 aromatic rings. The van der Waals surface area contributed by atoms with Gasteiger partial charge in [0.05, 0.1) is 5.92 Å². The molecule has 0 aromatic carbocycles. The average molecular weight is 159 g/mol. The molecule has 0 aliphatic heterocycles. The van der Waals surface area contributed by atoms with Gasteiger partial charge in [-0.25, -0.2) is 0 Å². The normalized spacial score (nSPS) is 15.6. The van der Waals surface area contributed by atoms with Gasteiger partial charge in [-0.05, 0) is 6.42 Å². The lowest BCUT2D eigenvalue weighted by Crippen LogP contribution is -2.83. The van der Waals surface area contributed by atoms with Crippen LogP contribution in [0.5, 0.6) is 0 Å². The summed E-state index contributed by atoms with van der Waals surface area (Å²) in [5.41, 5.74) is 0. The quantitative estimate of drug-likeness (QED) is 0.363. The minimum atomic E-state index is -0.170. The summed E-state index contributed by atoms with van der Waals surface area (Å²) in [6, 6.07) is 0. The molecule has 0 heterocycles. The van der Waals surface area contributed by atoms with E-state index >= 15 is 0 Å². The van der Waals surface area contributed by atoms with E-state index in [0.717, 1.165) is 6.42 Å². The highest BCUT2D eigenvalue weighted by atomic mass is 16.6. The van der Waals surface area contributed by atoms with Crippen molar-refractivity contribution in [2.45, 2.75) is 33.4 Å². The van der Waals surface area contributed by atoms with E-state index in [1.165, 1.54) is 0 Å². The summed E-state index contributed by atoms with van der Waals surface area (Å²) in [6.07, 6.45) is 0.652. The van der Waals surface area contributed by atoms with Crippen molar-refractivity contribution in [1.82, 2.24) is 0 Å². The number of carbonyl (C=O) groups is 1. The van der Waals surface area contributed by atoms with Gasteiger partial charge in [-0.15, -0.1) is 7.05 Å². The third-order valence-corrected chi connectivity index (χ3v) is 1.65. The smallest absolute Gasteiger partial charge is 0.313 e. The molecule has 0 amide bonds. The minimum absolute atomic E-state index is 0.00241. The Labute approximate surface area is 68.1 Å². The maximum atomic E-state index is 11.1. The summed E-state index contributed by atoms with van der Waals surface area (Å²) in [5.74, 6) is -0.141. The van der Waals surface area contributed by atoms with Crippen LogP contribution in [0.1, 0.15) is 27.2 Å². The molecular weight excluding hydrogens is 142 g/mol. The summed E-state index contributed by atoms with van der Waals surface area (Å²) in [7, 11) is 3.52. The SMILES string of the molecule is [CH2-][NH2+]C(C)OC(=O)C(C)CC. The Morgan fingerprint density at radius 3 is 2.55 bits per heavy atom. The number of esters is 1. The van der Waals surface area contributed by atoms with Gasteiger partial charge in [0.2, 0.25) is 6.23 Å². The van der Waals surface area contributed by atoms with Gasteiger partial charge in [0.15, 0.2) is 0 Å². The van der Waals surface area contributed by atoms with Gasteiger partial charge in [0.1, 0.15) is 0 Å². The predicted octanol–water partition coefficient (Wildman–Crippen LogP) is 0.277. The van der Waals surface area contributed by atoms with Crippen molar-refractivity contribution < 1.29 is 14.8 Å². The zero-order valence-corrected chi connectivity index (χ0v) is 7.46. The number of hydrogen-bond acceptors (Lipinski definition) is 2. The molecule has 0 aliphatic rings. The molecule has 0 saturated heterocycles. The van der Waals surface area contributed by atoms with Crippen LogP contribution in [0.4, 0.5) is 0 Å². The van der Waals surface area contributed by atoms with Crippen molar-refractivity contribution in [2.75, 3.05) is 0 Å². The third kappa shape index (κ3) is 3.98. The Bertz CT molecular complexity index is 125. The number of ether oxygens (including phenoxy) is 1. The first-order valence-corrected chi connectivity index (χ1v) is 3.94. The van der Waals surface area contributed by atoms with E-state index < -0.39 is 0 Å². The van der Waals surface area contributed by atoms with Gasteiger partial charge in [-0.3, -0.25) is 4.79 Å². The summed E-state index contributed by atoms with van der Waals surface area (Å²) >= 11 is 0. The predicted molar refractivity (Wildman–Crippen MR) is 42.3 cm³/mol. The molecule has 0 aliphatic carbocycles. The maximum Gasteiger partial charge on any atom is 0.313 e. The second-order valence-corrected chi connectivity index (χ2v) is 2.69. The fourth-order valence-electron chi connectivity index (χ4n) is 0.514. The lowest BCUT2D eigenvalue weighted by molar-refractivity contribution is -0.667. The van der Waals surface area contributed by atoms with Crippen LogP contribution in [-0.4, -0.2) is 12.2 Å². The lowest BCUT2D eigenvalue weighted by Gasteiger charge is -2.14. The molecule has 2 atom stereocenters. The van der Waals surface area contributed by atoms with E-state index in [1.807, 2.05) is 13.8 Å². The van der Waals surface area contributed by atoms with Gasteiger partial charge in [0.25, 0.3) is 0 Å². The first-order chi connectivity index (χ1) is 5.11. The Balaban J connectivity index is 3.68. The Hall–Kier alpha value is -0.570. The monoisotopic (exact) mass is 159 g/mol. The molecule has 0 bridgehead atoms. The van der Waals surface area contributed by atoms with E-state index in [-0.39, 0.29) is 18.1 Å². The van der Waals surface area contributed by atoms with Crippen LogP contribution in [0, 0.1) is 13.0 Å². The average Bonchev–Trinajstić information content (AvgIpc) is 2.02. The lowest BCUT2D eigenvalue weighted by atomic mass is 10.1. The molecule has 0 spiro atoms. The highest BCUT2D eigenvalue weighted by molar-refractivity contribution is 5.71. The second-order valence-electron chi connectivity index (χ2n) is 2.69. The molecule has 0 radical (unpaired) electrons. The molecule has 0 fully saturated rings. The molecule has 0 aromatic heterocycles. The van der Waals surface area contributed by atoms with Crippen molar-refractivity contribution in [3.63, 3.8) is 0 Å². The molecule has 0 rings (SSSR count). The van der Waals surface area contributed by atoms with Crippen molar-refractivity contribution >= 4 is 5.97 Å². The highest BCUT2D eigenvalue weighted by Crippen LogP contribution is 2.03. The van der Waals surface area contributed by atoms with Crippen molar-refractivity contribution in [3.8, 4) is 0 Å². The number of rotatable bonds is 4. The number of hydrogen-bond donors (Lipinski definition) is 1. The highest BCUT2D eigenvalue weighted by Gasteiger charge is 2.14. The maximum absolute atomic E-state index is 11.1. The summed E-state index contributed by atoms with van der Waals surface area (Å²) in [5, 5.41) is 1.61. The second kappa shape index (κ2) is 5.13. The van der Waals surface area contributed by atoms with Gasteiger partial charge < -0.3 is 10.1 Å². The van der Waals surface area contributed by atoms with Crippen molar-refractivity contribution in [1.29, 1.82) is 0 Å². The van der Waals surface area contributed by atoms with Gasteiger partial charge in [-0.2, -0.15) is 0 Å². The van der Waals surface area contributed by atoms with Crippen molar-refractivity contribution in [3.05, 3.63) is 7.05 Å². The standard InChI is InChI=1S/C8H17NO2/c1-5-6(2)8(10)11-7(3)9-4/h6-7H,4-5,9H2,1-3H3. The van der Waals surface area contributed by atoms with Crippen molar-refractivity contribution in [2.24, 2.45) is 5.92 Å². The van der Waals surface area contributed by atoms with E-state index in [1.54, 1.807) is 12.2 Å². The largest absolute Gasteiger partial charge is 0.444 e. The molecule has 11 heavy (non-hydrogen) atoms. The fraction of sp³-hybridized carbons (Fsp3) is 0.750. The number of quaternary nitrogens is 1. The molecule has 3 nitrogen and oxygen atoms in total. The van der Waals surface area contributed by atoms with Crippen LogP contribution in [-0.2, 0) is 9.53 Å². The van der Waals surface area contributed by atoms with Crippen LogP contribution in [0.3, 0.4) is 0 Å². The number of carbonyl (C=O) groups excluding carboxylic acids is 1. The topological polar surface area (TPSA) is 42.9 Å². The number of nitrogens with two attached hydrogens (primary N) is 1. The molecule has 2 unspecified atom stereocenters. The Kier molecular flexibility index (Phi) is 4.86. The van der Waals surface area contributed by atoms with E-state index in [9.17, 15) is 4.79 Å². The zero-order valence-electron chi connectivity index (χ0n) is 7.46. The zero-order chi connectivity index (χ0) is 8.85. The van der Waals surface area contributed by atoms with E-state index in [0.29, 0.717) is 0 Å². The Morgan fingerprint density at radius 2 is 2.18 bits per heavy atom. The van der Waals surface area contributed by atoms with Crippen LogP contribution < -0.4 is 5.32 Å². The summed E-state index contributed by atoms with van der Waals surface area (Å²) in [4.78, 5) is 11.1. The van der Waals surface area contributed by atoms with Gasteiger partial charge in [-0.1, -0.05) is 13.8 Å². The molecule has 0 saturated carbocycles. The van der Waals surface area contributed by atoms with E-state index in [2.05, 4.69) is 7.05 Å².